The van der Waals surface area contributed by atoms with Gasteiger partial charge in [-0.15, -0.1) is 0 Å². The van der Waals surface area contributed by atoms with Gasteiger partial charge in [-0.1, -0.05) is 29.8 Å². The number of benzene rings is 2. The number of rotatable bonds is 5. The molecule has 0 saturated heterocycles. The average molecular weight is 372 g/mol. The number of hydrogen-bond donors (Lipinski definition) is 1. The fourth-order valence-corrected chi connectivity index (χ4v) is 2.52. The zero-order chi connectivity index (χ0) is 18.5. The predicted octanol–water partition coefficient (Wildman–Crippen LogP) is 3.13. The van der Waals surface area contributed by atoms with Crippen molar-refractivity contribution in [2.45, 2.75) is 6.54 Å². The highest BCUT2D eigenvalue weighted by Crippen LogP contribution is 2.18. The second-order valence-corrected chi connectivity index (χ2v) is 5.99. The normalized spacial score (nSPS) is 10.5. The summed E-state index contributed by atoms with van der Waals surface area (Å²) in [5.41, 5.74) is 1.40. The van der Waals surface area contributed by atoms with Crippen molar-refractivity contribution in [2.24, 2.45) is 0 Å². The minimum absolute atomic E-state index is 0.187. The van der Waals surface area contributed by atoms with Crippen molar-refractivity contribution in [1.29, 1.82) is 0 Å². The molecule has 5 nitrogen and oxygen atoms in total. The molecule has 0 aliphatic heterocycles. The van der Waals surface area contributed by atoms with Gasteiger partial charge in [0.15, 0.2) is 0 Å². The summed E-state index contributed by atoms with van der Waals surface area (Å²) in [6.07, 6.45) is 0. The summed E-state index contributed by atoms with van der Waals surface area (Å²) in [5, 5.41) is 7.56. The number of carbonyl (C=O) groups excluding carboxylic acids is 1. The van der Waals surface area contributed by atoms with E-state index in [1.165, 1.54) is 28.9 Å². The molecule has 26 heavy (non-hydrogen) atoms. The van der Waals surface area contributed by atoms with Crippen LogP contribution in [0.1, 0.15) is 10.4 Å². The molecular weight excluding hydrogens is 357 g/mol. The summed E-state index contributed by atoms with van der Waals surface area (Å²) < 4.78 is 14.4. The quantitative estimate of drug-likeness (QED) is 0.749. The van der Waals surface area contributed by atoms with Gasteiger partial charge in [-0.25, -0.2) is 9.07 Å². The molecule has 1 heterocycles. The van der Waals surface area contributed by atoms with Crippen molar-refractivity contribution in [1.82, 2.24) is 15.1 Å². The summed E-state index contributed by atoms with van der Waals surface area (Å²) in [6, 6.07) is 15.6. The van der Waals surface area contributed by atoms with E-state index in [-0.39, 0.29) is 24.2 Å². The molecule has 2 aromatic carbocycles. The van der Waals surface area contributed by atoms with E-state index in [0.717, 1.165) is 11.6 Å². The summed E-state index contributed by atoms with van der Waals surface area (Å²) in [5.74, 6) is -0.891. The van der Waals surface area contributed by atoms with Gasteiger partial charge < -0.3 is 5.32 Å². The largest absolute Gasteiger partial charge is 0.350 e. The van der Waals surface area contributed by atoms with Crippen LogP contribution in [0.2, 0.25) is 5.02 Å². The van der Waals surface area contributed by atoms with Crippen LogP contribution in [0, 0.1) is 5.82 Å². The predicted molar refractivity (Wildman–Crippen MR) is 97.7 cm³/mol. The number of amides is 1. The lowest BCUT2D eigenvalue weighted by Gasteiger charge is -2.09. The van der Waals surface area contributed by atoms with E-state index in [2.05, 4.69) is 10.4 Å². The number of halogens is 2. The second kappa shape index (κ2) is 7.93. The number of nitrogens with zero attached hydrogens (tertiary/aromatic N) is 2. The Morgan fingerprint density at radius 2 is 1.88 bits per heavy atom. The van der Waals surface area contributed by atoms with Gasteiger partial charge in [-0.3, -0.25) is 9.59 Å². The summed E-state index contributed by atoms with van der Waals surface area (Å²) in [6.45, 7) is 0.383. The highest BCUT2D eigenvalue weighted by molar-refractivity contribution is 6.30. The Hall–Kier alpha value is -2.99. The Kier molecular flexibility index (Phi) is 5.43. The Bertz CT molecular complexity index is 987. The molecular formula is C19H15ClFN3O2. The summed E-state index contributed by atoms with van der Waals surface area (Å²) in [7, 11) is 0. The number of hydrogen-bond acceptors (Lipinski definition) is 3. The molecule has 0 bridgehead atoms. The van der Waals surface area contributed by atoms with E-state index in [0.29, 0.717) is 10.7 Å². The standard InChI is InChI=1S/C19H15ClFN3O2/c20-15-6-4-13(5-7-15)17-8-9-18(25)24(23-17)11-10-22-19(26)14-2-1-3-16(21)12-14/h1-9,12H,10-11H2,(H,22,26). The fraction of sp³-hybridized carbons (Fsp3) is 0.105. The molecule has 0 aliphatic carbocycles. The van der Waals surface area contributed by atoms with Crippen LogP contribution in [0.25, 0.3) is 11.3 Å². The lowest BCUT2D eigenvalue weighted by Crippen LogP contribution is -2.32. The van der Waals surface area contributed by atoms with Crippen molar-refractivity contribution >= 4 is 17.5 Å². The van der Waals surface area contributed by atoms with Gasteiger partial charge in [0.2, 0.25) is 0 Å². The van der Waals surface area contributed by atoms with Gasteiger partial charge in [-0.05, 0) is 36.4 Å². The molecule has 0 aliphatic rings. The van der Waals surface area contributed by atoms with Gasteiger partial charge in [-0.2, -0.15) is 5.10 Å². The van der Waals surface area contributed by atoms with Gasteiger partial charge in [0.1, 0.15) is 5.82 Å². The lowest BCUT2D eigenvalue weighted by molar-refractivity contribution is 0.0951. The van der Waals surface area contributed by atoms with Gasteiger partial charge in [0.25, 0.3) is 11.5 Å². The third-order valence-corrected chi connectivity index (χ3v) is 3.95. The topological polar surface area (TPSA) is 64.0 Å². The van der Waals surface area contributed by atoms with Crippen LogP contribution in [0.3, 0.4) is 0 Å². The molecule has 0 fully saturated rings. The Balaban J connectivity index is 1.68. The monoisotopic (exact) mass is 371 g/mol. The molecule has 0 spiro atoms. The van der Waals surface area contributed by atoms with E-state index in [1.807, 2.05) is 12.1 Å². The second-order valence-electron chi connectivity index (χ2n) is 5.55. The van der Waals surface area contributed by atoms with Crippen LogP contribution in [0.15, 0.2) is 65.5 Å². The molecule has 1 N–H and O–H groups in total. The third kappa shape index (κ3) is 4.34. The molecule has 1 amide bonds. The number of aromatic nitrogens is 2. The molecule has 0 radical (unpaired) electrons. The number of carbonyl (C=O) groups is 1. The first-order valence-corrected chi connectivity index (χ1v) is 8.28. The zero-order valence-corrected chi connectivity index (χ0v) is 14.4. The molecule has 132 valence electrons. The minimum Gasteiger partial charge on any atom is -0.350 e. The summed E-state index contributed by atoms with van der Waals surface area (Å²) in [4.78, 5) is 24.0. The maximum absolute atomic E-state index is 13.2. The van der Waals surface area contributed by atoms with Gasteiger partial charge in [0.05, 0.1) is 12.2 Å². The molecule has 3 rings (SSSR count). The van der Waals surface area contributed by atoms with Crippen LogP contribution in [0.5, 0.6) is 0 Å². The molecule has 0 saturated carbocycles. The molecule has 7 heteroatoms. The van der Waals surface area contributed by atoms with E-state index >= 15 is 0 Å². The molecule has 1 aromatic heterocycles. The molecule has 0 unspecified atom stereocenters. The van der Waals surface area contributed by atoms with Crippen LogP contribution in [-0.2, 0) is 6.54 Å². The average Bonchev–Trinajstić information content (AvgIpc) is 2.64. The maximum atomic E-state index is 13.2. The van der Waals surface area contributed by atoms with Crippen molar-refractivity contribution < 1.29 is 9.18 Å². The Labute approximate surface area is 154 Å². The van der Waals surface area contributed by atoms with Gasteiger partial charge in [0, 0.05) is 28.8 Å². The highest BCUT2D eigenvalue weighted by Gasteiger charge is 2.07. The first-order chi connectivity index (χ1) is 12.5. The Morgan fingerprint density at radius 3 is 2.62 bits per heavy atom. The van der Waals surface area contributed by atoms with E-state index in [9.17, 15) is 14.0 Å². The first kappa shape index (κ1) is 17.8. The van der Waals surface area contributed by atoms with E-state index in [4.69, 9.17) is 11.6 Å². The van der Waals surface area contributed by atoms with Crippen LogP contribution < -0.4 is 10.9 Å². The lowest BCUT2D eigenvalue weighted by atomic mass is 10.1. The van der Waals surface area contributed by atoms with Crippen LogP contribution in [-0.4, -0.2) is 22.2 Å². The van der Waals surface area contributed by atoms with Crippen molar-refractivity contribution in [3.05, 3.63) is 87.4 Å². The SMILES string of the molecule is O=C(NCCn1nc(-c2ccc(Cl)cc2)ccc1=O)c1cccc(F)c1. The molecule has 0 atom stereocenters. The van der Waals surface area contributed by atoms with E-state index in [1.54, 1.807) is 18.2 Å². The van der Waals surface area contributed by atoms with Crippen molar-refractivity contribution in [3.63, 3.8) is 0 Å². The van der Waals surface area contributed by atoms with Crippen LogP contribution >= 0.6 is 11.6 Å². The Morgan fingerprint density at radius 1 is 1.12 bits per heavy atom. The fourth-order valence-electron chi connectivity index (χ4n) is 2.39. The summed E-state index contributed by atoms with van der Waals surface area (Å²) >= 11 is 5.87. The third-order valence-electron chi connectivity index (χ3n) is 3.70. The first-order valence-electron chi connectivity index (χ1n) is 7.91. The smallest absolute Gasteiger partial charge is 0.266 e. The number of nitrogens with one attached hydrogen (secondary N) is 1. The van der Waals surface area contributed by atoms with Gasteiger partial charge >= 0.3 is 0 Å². The van der Waals surface area contributed by atoms with E-state index < -0.39 is 11.7 Å². The van der Waals surface area contributed by atoms with Crippen molar-refractivity contribution in [3.8, 4) is 11.3 Å². The van der Waals surface area contributed by atoms with Crippen LogP contribution in [0.4, 0.5) is 4.39 Å². The maximum Gasteiger partial charge on any atom is 0.266 e. The van der Waals surface area contributed by atoms with Crippen molar-refractivity contribution in [2.75, 3.05) is 6.54 Å². The zero-order valence-electron chi connectivity index (χ0n) is 13.7. The highest BCUT2D eigenvalue weighted by atomic mass is 35.5. The minimum atomic E-state index is -0.480. The molecule has 3 aromatic rings.